The van der Waals surface area contributed by atoms with Gasteiger partial charge < -0.3 is 14.6 Å². The van der Waals surface area contributed by atoms with E-state index in [0.717, 1.165) is 21.8 Å². The van der Waals surface area contributed by atoms with Crippen molar-refractivity contribution in [3.63, 3.8) is 0 Å². The highest BCUT2D eigenvalue weighted by molar-refractivity contribution is 6.09. The topological polar surface area (TPSA) is 93.1 Å². The Bertz CT molecular complexity index is 932. The van der Waals surface area contributed by atoms with Crippen LogP contribution in [0.3, 0.4) is 0 Å². The van der Waals surface area contributed by atoms with Crippen LogP contribution in [-0.4, -0.2) is 41.6 Å². The summed E-state index contributed by atoms with van der Waals surface area (Å²) in [6, 6.07) is 15.0. The van der Waals surface area contributed by atoms with E-state index >= 15 is 0 Å². The number of carboxylic acid groups (broad SMARTS) is 1. The van der Waals surface area contributed by atoms with Gasteiger partial charge in [0.05, 0.1) is 7.11 Å². The number of carboxylic acids is 1. The second-order valence-corrected chi connectivity index (χ2v) is 6.18. The van der Waals surface area contributed by atoms with Crippen molar-refractivity contribution < 1.29 is 29.0 Å². The van der Waals surface area contributed by atoms with Crippen molar-refractivity contribution in [2.24, 2.45) is 0 Å². The molecule has 0 aromatic heterocycles. The standard InChI is InChI=1S/C21H19NO6/c1-27-17-9-7-15(8-10-17)16-5-2-4-14(12-16)13-18-20(25)22(21(26)28-18)11-3-6-19(23)24/h2,4-5,7-10,12-13H,3,6,11H2,1H3,(H,23,24)/b18-13-. The maximum Gasteiger partial charge on any atom is 0.422 e. The zero-order chi connectivity index (χ0) is 20.1. The number of imide groups is 1. The van der Waals surface area contributed by atoms with E-state index in [9.17, 15) is 14.4 Å². The summed E-state index contributed by atoms with van der Waals surface area (Å²) in [5, 5.41) is 8.68. The average Bonchev–Trinajstić information content (AvgIpc) is 2.95. The number of hydrogen-bond acceptors (Lipinski definition) is 5. The van der Waals surface area contributed by atoms with Crippen LogP contribution in [0.4, 0.5) is 4.79 Å². The Morgan fingerprint density at radius 1 is 1.14 bits per heavy atom. The Morgan fingerprint density at radius 3 is 2.57 bits per heavy atom. The van der Waals surface area contributed by atoms with E-state index in [1.165, 1.54) is 6.08 Å². The number of rotatable bonds is 7. The van der Waals surface area contributed by atoms with Gasteiger partial charge >= 0.3 is 12.1 Å². The zero-order valence-electron chi connectivity index (χ0n) is 15.3. The third kappa shape index (κ3) is 4.37. The highest BCUT2D eigenvalue weighted by Gasteiger charge is 2.36. The Kier molecular flexibility index (Phi) is 5.74. The fourth-order valence-electron chi connectivity index (χ4n) is 2.82. The van der Waals surface area contributed by atoms with Crippen LogP contribution < -0.4 is 4.74 Å². The van der Waals surface area contributed by atoms with Gasteiger partial charge in [-0.2, -0.15) is 0 Å². The first-order valence-electron chi connectivity index (χ1n) is 8.69. The number of nitrogens with zero attached hydrogens (tertiary/aromatic N) is 1. The minimum atomic E-state index is -0.980. The third-order valence-electron chi connectivity index (χ3n) is 4.25. The van der Waals surface area contributed by atoms with Gasteiger partial charge in [0.25, 0.3) is 5.91 Å². The molecule has 0 bridgehead atoms. The first-order chi connectivity index (χ1) is 13.5. The quantitative estimate of drug-likeness (QED) is 0.738. The Hall–Kier alpha value is -3.61. The van der Waals surface area contributed by atoms with Gasteiger partial charge in [0.15, 0.2) is 5.76 Å². The maximum atomic E-state index is 12.4. The Morgan fingerprint density at radius 2 is 1.89 bits per heavy atom. The normalized spacial score (nSPS) is 15.0. The monoisotopic (exact) mass is 381 g/mol. The number of amides is 2. The SMILES string of the molecule is COc1ccc(-c2cccc(/C=C3\OC(=O)N(CCCC(=O)O)C3=O)c2)cc1. The third-order valence-corrected chi connectivity index (χ3v) is 4.25. The molecule has 1 aliphatic heterocycles. The number of carbonyl (C=O) groups excluding carboxylic acids is 2. The second kappa shape index (κ2) is 8.39. The summed E-state index contributed by atoms with van der Waals surface area (Å²) in [4.78, 5) is 35.8. The number of methoxy groups -OCH3 is 1. The van der Waals surface area contributed by atoms with Crippen molar-refractivity contribution in [2.75, 3.05) is 13.7 Å². The Balaban J connectivity index is 1.77. The lowest BCUT2D eigenvalue weighted by molar-refractivity contribution is -0.137. The molecular weight excluding hydrogens is 362 g/mol. The number of carbonyl (C=O) groups is 3. The molecule has 3 rings (SSSR count). The van der Waals surface area contributed by atoms with Crippen molar-refractivity contribution in [1.29, 1.82) is 0 Å². The summed E-state index contributed by atoms with van der Waals surface area (Å²) < 4.78 is 10.2. The molecule has 28 heavy (non-hydrogen) atoms. The lowest BCUT2D eigenvalue weighted by Crippen LogP contribution is -2.30. The van der Waals surface area contributed by atoms with Gasteiger partial charge in [-0.15, -0.1) is 0 Å². The molecule has 1 N–H and O–H groups in total. The molecule has 0 unspecified atom stereocenters. The maximum absolute atomic E-state index is 12.4. The first kappa shape index (κ1) is 19.2. The molecule has 0 radical (unpaired) electrons. The molecule has 7 nitrogen and oxygen atoms in total. The molecule has 0 spiro atoms. The molecule has 1 fully saturated rings. The van der Waals surface area contributed by atoms with Crippen molar-refractivity contribution in [3.8, 4) is 16.9 Å². The largest absolute Gasteiger partial charge is 0.497 e. The number of hydrogen-bond donors (Lipinski definition) is 1. The molecule has 1 saturated heterocycles. The lowest BCUT2D eigenvalue weighted by Gasteiger charge is -2.08. The van der Waals surface area contributed by atoms with Crippen molar-refractivity contribution in [1.82, 2.24) is 4.90 Å². The molecule has 2 amide bonds. The van der Waals surface area contributed by atoms with Crippen molar-refractivity contribution in [3.05, 3.63) is 59.9 Å². The first-order valence-corrected chi connectivity index (χ1v) is 8.69. The highest BCUT2D eigenvalue weighted by atomic mass is 16.6. The van der Waals surface area contributed by atoms with E-state index in [-0.39, 0.29) is 25.1 Å². The van der Waals surface area contributed by atoms with Crippen LogP contribution in [0.25, 0.3) is 17.2 Å². The Labute approximate surface area is 161 Å². The predicted molar refractivity (Wildman–Crippen MR) is 101 cm³/mol. The van der Waals surface area contributed by atoms with Crippen LogP contribution in [0.2, 0.25) is 0 Å². The van der Waals surface area contributed by atoms with Crippen molar-refractivity contribution >= 4 is 24.0 Å². The van der Waals surface area contributed by atoms with Gasteiger partial charge in [0.2, 0.25) is 0 Å². The van der Waals surface area contributed by atoms with E-state index in [0.29, 0.717) is 5.56 Å². The van der Waals surface area contributed by atoms with Gasteiger partial charge in [-0.25, -0.2) is 9.69 Å². The summed E-state index contributed by atoms with van der Waals surface area (Å²) in [6.07, 6.45) is 0.772. The van der Waals surface area contributed by atoms with E-state index in [4.69, 9.17) is 14.6 Å². The second-order valence-electron chi connectivity index (χ2n) is 6.18. The molecule has 2 aromatic rings. The molecule has 1 aliphatic rings. The summed E-state index contributed by atoms with van der Waals surface area (Å²) in [5.74, 6) is -0.864. The van der Waals surface area contributed by atoms with Crippen LogP contribution >= 0.6 is 0 Å². The number of ether oxygens (including phenoxy) is 2. The van der Waals surface area contributed by atoms with Crippen LogP contribution in [-0.2, 0) is 14.3 Å². The van der Waals surface area contributed by atoms with Crippen LogP contribution in [0.1, 0.15) is 18.4 Å². The van der Waals surface area contributed by atoms with Gasteiger partial charge in [-0.1, -0.05) is 30.3 Å². The molecular formula is C21H19NO6. The fourth-order valence-corrected chi connectivity index (χ4v) is 2.82. The fraction of sp³-hybridized carbons (Fsp3) is 0.190. The molecule has 0 saturated carbocycles. The van der Waals surface area contributed by atoms with Crippen LogP contribution in [0.5, 0.6) is 5.75 Å². The summed E-state index contributed by atoms with van der Waals surface area (Å²) in [7, 11) is 1.60. The minimum absolute atomic E-state index is 0.00714. The molecule has 0 aliphatic carbocycles. The number of benzene rings is 2. The van der Waals surface area contributed by atoms with E-state index in [1.807, 2.05) is 42.5 Å². The minimum Gasteiger partial charge on any atom is -0.497 e. The summed E-state index contributed by atoms with van der Waals surface area (Å²) in [6.45, 7) is 0.00714. The van der Waals surface area contributed by atoms with Gasteiger partial charge in [0.1, 0.15) is 5.75 Å². The summed E-state index contributed by atoms with van der Waals surface area (Å²) in [5.41, 5.74) is 2.62. The molecule has 7 heteroatoms. The summed E-state index contributed by atoms with van der Waals surface area (Å²) >= 11 is 0. The van der Waals surface area contributed by atoms with Gasteiger partial charge in [-0.05, 0) is 47.4 Å². The van der Waals surface area contributed by atoms with Gasteiger partial charge in [-0.3, -0.25) is 9.59 Å². The lowest BCUT2D eigenvalue weighted by atomic mass is 10.0. The van der Waals surface area contributed by atoms with E-state index < -0.39 is 18.0 Å². The predicted octanol–water partition coefficient (Wildman–Crippen LogP) is 3.55. The van der Waals surface area contributed by atoms with E-state index in [1.54, 1.807) is 13.2 Å². The average molecular weight is 381 g/mol. The highest BCUT2D eigenvalue weighted by Crippen LogP contribution is 2.25. The number of aliphatic carboxylic acids is 1. The van der Waals surface area contributed by atoms with Crippen molar-refractivity contribution in [2.45, 2.75) is 12.8 Å². The zero-order valence-corrected chi connectivity index (χ0v) is 15.3. The van der Waals surface area contributed by atoms with Gasteiger partial charge in [0, 0.05) is 13.0 Å². The molecule has 0 atom stereocenters. The molecule has 144 valence electrons. The molecule has 1 heterocycles. The van der Waals surface area contributed by atoms with Crippen LogP contribution in [0, 0.1) is 0 Å². The smallest absolute Gasteiger partial charge is 0.422 e. The van der Waals surface area contributed by atoms with Crippen LogP contribution in [0.15, 0.2) is 54.3 Å². The number of cyclic esters (lactones) is 1. The molecule has 2 aromatic carbocycles. The van der Waals surface area contributed by atoms with E-state index in [2.05, 4.69) is 0 Å².